The van der Waals surface area contributed by atoms with E-state index in [4.69, 9.17) is 0 Å². The van der Waals surface area contributed by atoms with Gasteiger partial charge < -0.3 is 5.32 Å². The molecule has 0 spiro atoms. The Kier molecular flexibility index (Phi) is 5.13. The third kappa shape index (κ3) is 3.25. The first-order valence-corrected chi connectivity index (χ1v) is 8.03. The number of hydrogen-bond donors (Lipinski definition) is 1. The molecule has 0 aliphatic carbocycles. The van der Waals surface area contributed by atoms with Crippen LogP contribution in [0.5, 0.6) is 0 Å². The monoisotopic (exact) mass is 341 g/mol. The summed E-state index contributed by atoms with van der Waals surface area (Å²) in [5.74, 6) is -0.179. The van der Waals surface area contributed by atoms with Crippen LogP contribution < -0.4 is 5.32 Å². The molecule has 1 N–H and O–H groups in total. The summed E-state index contributed by atoms with van der Waals surface area (Å²) >= 11 is 4.96. The summed E-state index contributed by atoms with van der Waals surface area (Å²) in [6.07, 6.45) is 1.02. The zero-order valence-corrected chi connectivity index (χ0v) is 13.4. The van der Waals surface area contributed by atoms with Gasteiger partial charge in [0.25, 0.3) is 0 Å². The molecule has 0 bridgehead atoms. The standard InChI is InChI=1S/C15H17BrFNS/c1-3-8-18-15(11-7-9-19-10(11)2)12-5-4-6-13(16)14(12)17/h4-7,9,15,18H,3,8H2,1-2H3. The van der Waals surface area contributed by atoms with Crippen LogP contribution in [0.2, 0.25) is 0 Å². The normalized spacial score (nSPS) is 12.6. The van der Waals surface area contributed by atoms with Gasteiger partial charge in [-0.25, -0.2) is 4.39 Å². The topological polar surface area (TPSA) is 12.0 Å². The highest BCUT2D eigenvalue weighted by atomic mass is 79.9. The summed E-state index contributed by atoms with van der Waals surface area (Å²) in [5, 5.41) is 5.50. The molecule has 1 unspecified atom stereocenters. The molecule has 1 atom stereocenters. The third-order valence-corrected chi connectivity index (χ3v) is 4.57. The average molecular weight is 342 g/mol. The van der Waals surface area contributed by atoms with Crippen LogP contribution in [-0.4, -0.2) is 6.54 Å². The summed E-state index contributed by atoms with van der Waals surface area (Å²) in [7, 11) is 0. The molecule has 0 aliphatic heterocycles. The Morgan fingerprint density at radius 1 is 1.32 bits per heavy atom. The van der Waals surface area contributed by atoms with E-state index in [0.29, 0.717) is 10.0 Å². The first kappa shape index (κ1) is 14.7. The van der Waals surface area contributed by atoms with E-state index in [0.717, 1.165) is 18.5 Å². The van der Waals surface area contributed by atoms with Crippen LogP contribution in [0.3, 0.4) is 0 Å². The van der Waals surface area contributed by atoms with Gasteiger partial charge >= 0.3 is 0 Å². The number of halogens is 2. The molecule has 0 radical (unpaired) electrons. The lowest BCUT2D eigenvalue weighted by Gasteiger charge is -2.20. The van der Waals surface area contributed by atoms with Gasteiger partial charge in [0.05, 0.1) is 10.5 Å². The van der Waals surface area contributed by atoms with Crippen molar-refractivity contribution in [2.75, 3.05) is 6.54 Å². The highest BCUT2D eigenvalue weighted by Gasteiger charge is 2.20. The maximum atomic E-state index is 14.3. The second-order valence-electron chi connectivity index (χ2n) is 4.46. The SMILES string of the molecule is CCCNC(c1ccsc1C)c1cccc(Br)c1F. The van der Waals surface area contributed by atoms with Crippen molar-refractivity contribution >= 4 is 27.3 Å². The van der Waals surface area contributed by atoms with Crippen LogP contribution in [0, 0.1) is 12.7 Å². The van der Waals surface area contributed by atoms with E-state index in [2.05, 4.69) is 46.5 Å². The fourth-order valence-corrected chi connectivity index (χ4v) is 3.24. The third-order valence-electron chi connectivity index (χ3n) is 3.10. The van der Waals surface area contributed by atoms with E-state index >= 15 is 0 Å². The van der Waals surface area contributed by atoms with Crippen LogP contribution in [-0.2, 0) is 0 Å². The number of aryl methyl sites for hydroxylation is 1. The molecule has 2 aromatic rings. The molecule has 19 heavy (non-hydrogen) atoms. The second kappa shape index (κ2) is 6.64. The van der Waals surface area contributed by atoms with Gasteiger partial charge in [-0.3, -0.25) is 0 Å². The minimum absolute atomic E-state index is 0.0799. The molecule has 0 saturated carbocycles. The van der Waals surface area contributed by atoms with Gasteiger partial charge in [0, 0.05) is 10.4 Å². The number of benzene rings is 1. The van der Waals surface area contributed by atoms with Gasteiger partial charge in [-0.15, -0.1) is 11.3 Å². The van der Waals surface area contributed by atoms with E-state index in [9.17, 15) is 4.39 Å². The molecular formula is C15H17BrFNS. The highest BCUT2D eigenvalue weighted by Crippen LogP contribution is 2.31. The lowest BCUT2D eigenvalue weighted by Crippen LogP contribution is -2.24. The lowest BCUT2D eigenvalue weighted by atomic mass is 9.99. The Morgan fingerprint density at radius 2 is 2.11 bits per heavy atom. The molecule has 0 aliphatic rings. The van der Waals surface area contributed by atoms with Crippen LogP contribution in [0.25, 0.3) is 0 Å². The van der Waals surface area contributed by atoms with Gasteiger partial charge in [0.1, 0.15) is 5.82 Å². The van der Waals surface area contributed by atoms with Gasteiger partial charge in [0.15, 0.2) is 0 Å². The van der Waals surface area contributed by atoms with E-state index in [1.807, 2.05) is 12.1 Å². The van der Waals surface area contributed by atoms with Crippen molar-refractivity contribution in [3.8, 4) is 0 Å². The minimum atomic E-state index is -0.179. The Morgan fingerprint density at radius 3 is 2.74 bits per heavy atom. The Hall–Kier alpha value is -0.710. The van der Waals surface area contributed by atoms with Gasteiger partial charge in [0.2, 0.25) is 0 Å². The van der Waals surface area contributed by atoms with E-state index in [1.165, 1.54) is 4.88 Å². The molecule has 0 saturated heterocycles. The van der Waals surface area contributed by atoms with Gasteiger partial charge in [-0.2, -0.15) is 0 Å². The summed E-state index contributed by atoms with van der Waals surface area (Å²) in [4.78, 5) is 1.23. The van der Waals surface area contributed by atoms with Gasteiger partial charge in [-0.05, 0) is 58.9 Å². The molecule has 2 rings (SSSR count). The smallest absolute Gasteiger partial charge is 0.142 e. The molecule has 1 heterocycles. The number of thiophene rings is 1. The zero-order valence-electron chi connectivity index (χ0n) is 11.0. The maximum Gasteiger partial charge on any atom is 0.142 e. The zero-order chi connectivity index (χ0) is 13.8. The fourth-order valence-electron chi connectivity index (χ4n) is 2.11. The minimum Gasteiger partial charge on any atom is -0.306 e. The summed E-state index contributed by atoms with van der Waals surface area (Å²) in [6, 6.07) is 7.46. The quantitative estimate of drug-likeness (QED) is 0.802. The van der Waals surface area contributed by atoms with Crippen molar-refractivity contribution in [1.29, 1.82) is 0 Å². The van der Waals surface area contributed by atoms with E-state index in [-0.39, 0.29) is 11.9 Å². The van der Waals surface area contributed by atoms with Crippen LogP contribution in [0.4, 0.5) is 4.39 Å². The molecule has 1 aromatic carbocycles. The van der Waals surface area contributed by atoms with E-state index < -0.39 is 0 Å². The van der Waals surface area contributed by atoms with E-state index in [1.54, 1.807) is 17.4 Å². The van der Waals surface area contributed by atoms with Crippen molar-refractivity contribution in [1.82, 2.24) is 5.32 Å². The Bertz CT molecular complexity index is 553. The molecule has 0 fully saturated rings. The van der Waals surface area contributed by atoms with Crippen LogP contribution in [0.1, 0.15) is 35.4 Å². The Labute approximate surface area is 126 Å². The highest BCUT2D eigenvalue weighted by molar-refractivity contribution is 9.10. The van der Waals surface area contributed by atoms with Crippen LogP contribution >= 0.6 is 27.3 Å². The molecule has 1 nitrogen and oxygen atoms in total. The summed E-state index contributed by atoms with van der Waals surface area (Å²) < 4.78 is 14.8. The first-order valence-electron chi connectivity index (χ1n) is 6.36. The molecule has 0 amide bonds. The number of nitrogens with one attached hydrogen (secondary N) is 1. The second-order valence-corrected chi connectivity index (χ2v) is 6.44. The van der Waals surface area contributed by atoms with Crippen molar-refractivity contribution in [2.45, 2.75) is 26.3 Å². The van der Waals surface area contributed by atoms with Crippen molar-refractivity contribution in [3.63, 3.8) is 0 Å². The number of rotatable bonds is 5. The maximum absolute atomic E-state index is 14.3. The molecule has 1 aromatic heterocycles. The molecular weight excluding hydrogens is 325 g/mol. The van der Waals surface area contributed by atoms with Crippen molar-refractivity contribution in [3.05, 3.63) is 55.9 Å². The fraction of sp³-hybridized carbons (Fsp3) is 0.333. The van der Waals surface area contributed by atoms with Gasteiger partial charge in [-0.1, -0.05) is 19.1 Å². The van der Waals surface area contributed by atoms with Crippen molar-refractivity contribution in [2.24, 2.45) is 0 Å². The lowest BCUT2D eigenvalue weighted by molar-refractivity contribution is 0.543. The van der Waals surface area contributed by atoms with Crippen LogP contribution in [0.15, 0.2) is 34.1 Å². The molecule has 4 heteroatoms. The predicted octanol–water partition coefficient (Wildman–Crippen LogP) is 5.05. The Balaban J connectivity index is 2.43. The molecule has 102 valence electrons. The van der Waals surface area contributed by atoms with Crippen molar-refractivity contribution < 1.29 is 4.39 Å². The first-order chi connectivity index (χ1) is 9.15. The number of hydrogen-bond acceptors (Lipinski definition) is 2. The summed E-state index contributed by atoms with van der Waals surface area (Å²) in [6.45, 7) is 5.06. The largest absolute Gasteiger partial charge is 0.306 e. The predicted molar refractivity (Wildman–Crippen MR) is 83.3 cm³/mol. The summed E-state index contributed by atoms with van der Waals surface area (Å²) in [5.41, 5.74) is 1.86. The average Bonchev–Trinajstić information content (AvgIpc) is 2.81.